The van der Waals surface area contributed by atoms with Crippen molar-refractivity contribution in [3.05, 3.63) is 64.7 Å². The van der Waals surface area contributed by atoms with Crippen LogP contribution in [0.4, 0.5) is 0 Å². The first-order chi connectivity index (χ1) is 11.8. The summed E-state index contributed by atoms with van der Waals surface area (Å²) in [4.78, 5) is 12.5. The highest BCUT2D eigenvalue weighted by Crippen LogP contribution is 2.41. The van der Waals surface area contributed by atoms with Crippen LogP contribution in [0.25, 0.3) is 0 Å². The van der Waals surface area contributed by atoms with Gasteiger partial charge in [0, 0.05) is 5.02 Å². The zero-order chi connectivity index (χ0) is 18.0. The minimum Gasteiger partial charge on any atom is -0.348 e. The van der Waals surface area contributed by atoms with Gasteiger partial charge in [0.25, 0.3) is 0 Å². The molecule has 2 aromatic carbocycles. The normalized spacial score (nSPS) is 15.6. The Kier molecular flexibility index (Phi) is 5.16. The van der Waals surface area contributed by atoms with Crippen LogP contribution in [0, 0.1) is 12.8 Å². The van der Waals surface area contributed by atoms with Gasteiger partial charge >= 0.3 is 0 Å². The molecule has 1 aliphatic carbocycles. The van der Waals surface area contributed by atoms with E-state index in [1.807, 2.05) is 31.2 Å². The molecule has 1 aliphatic rings. The minimum absolute atomic E-state index is 0.102. The van der Waals surface area contributed by atoms with Gasteiger partial charge in [-0.2, -0.15) is 0 Å². The Morgan fingerprint density at radius 1 is 1.12 bits per heavy atom. The largest absolute Gasteiger partial charge is 0.348 e. The summed E-state index contributed by atoms with van der Waals surface area (Å²) in [5.74, 6) is -0.665. The van der Waals surface area contributed by atoms with Crippen molar-refractivity contribution in [2.24, 2.45) is 5.92 Å². The summed E-state index contributed by atoms with van der Waals surface area (Å²) in [5, 5.41) is 3.36. The molecule has 0 aromatic heterocycles. The molecular weight excluding hydrogens is 358 g/mol. The van der Waals surface area contributed by atoms with E-state index >= 15 is 0 Å². The molecule has 1 fully saturated rings. The van der Waals surface area contributed by atoms with Crippen molar-refractivity contribution in [3.8, 4) is 0 Å². The molecule has 0 heterocycles. The lowest BCUT2D eigenvalue weighted by molar-refractivity contribution is -0.119. The summed E-state index contributed by atoms with van der Waals surface area (Å²) >= 11 is 5.78. The van der Waals surface area contributed by atoms with Crippen molar-refractivity contribution in [1.29, 1.82) is 0 Å². The molecule has 0 saturated heterocycles. The van der Waals surface area contributed by atoms with Crippen LogP contribution in [0.2, 0.25) is 5.02 Å². The van der Waals surface area contributed by atoms with Crippen LogP contribution in [0.3, 0.4) is 0 Å². The number of hydrogen-bond acceptors (Lipinski definition) is 3. The van der Waals surface area contributed by atoms with E-state index in [9.17, 15) is 13.2 Å². The number of amides is 1. The fraction of sp³-hybridized carbons (Fsp3) is 0.316. The van der Waals surface area contributed by atoms with Crippen LogP contribution in [-0.4, -0.2) is 20.1 Å². The number of rotatable bonds is 6. The first-order valence-corrected chi connectivity index (χ1v) is 10.2. The Bertz CT molecular complexity index is 857. The zero-order valence-electron chi connectivity index (χ0n) is 13.9. The van der Waals surface area contributed by atoms with Gasteiger partial charge in [-0.3, -0.25) is 4.79 Å². The third-order valence-electron chi connectivity index (χ3n) is 4.34. The van der Waals surface area contributed by atoms with Gasteiger partial charge < -0.3 is 5.32 Å². The predicted octanol–water partition coefficient (Wildman–Crippen LogP) is 3.69. The van der Waals surface area contributed by atoms with Crippen LogP contribution < -0.4 is 5.32 Å². The Labute approximate surface area is 153 Å². The molecule has 0 bridgehead atoms. The number of hydrogen-bond donors (Lipinski definition) is 1. The number of sulfone groups is 1. The average Bonchev–Trinajstić information content (AvgIpc) is 3.38. The van der Waals surface area contributed by atoms with E-state index in [1.165, 1.54) is 24.3 Å². The Balaban J connectivity index is 1.71. The van der Waals surface area contributed by atoms with Crippen molar-refractivity contribution < 1.29 is 13.2 Å². The molecule has 1 atom stereocenters. The fourth-order valence-corrected chi connectivity index (χ4v) is 4.06. The fourth-order valence-electron chi connectivity index (χ4n) is 2.79. The van der Waals surface area contributed by atoms with Gasteiger partial charge in [0.2, 0.25) is 5.91 Å². The molecule has 1 unspecified atom stereocenters. The van der Waals surface area contributed by atoms with Crippen LogP contribution in [0.15, 0.2) is 53.4 Å². The van der Waals surface area contributed by atoms with Crippen LogP contribution >= 0.6 is 11.6 Å². The number of carbonyl (C=O) groups excluding carboxylic acids is 1. The number of aryl methyl sites for hydroxylation is 1. The van der Waals surface area contributed by atoms with Gasteiger partial charge in [0.05, 0.1) is 10.9 Å². The molecule has 25 heavy (non-hydrogen) atoms. The van der Waals surface area contributed by atoms with Crippen molar-refractivity contribution >= 4 is 27.3 Å². The highest BCUT2D eigenvalue weighted by atomic mass is 35.5. The highest BCUT2D eigenvalue weighted by molar-refractivity contribution is 7.92. The second-order valence-electron chi connectivity index (χ2n) is 6.51. The highest BCUT2D eigenvalue weighted by Gasteiger charge is 2.34. The SMILES string of the molecule is Cc1ccc(C(NC(=O)CS(=O)(=O)c2ccc(Cl)cc2)C2CC2)cc1. The standard InChI is InChI=1S/C19H20ClNO3S/c1-13-2-4-14(5-3-13)19(15-6-7-15)21-18(22)12-25(23,24)17-10-8-16(20)9-11-17/h2-5,8-11,15,19H,6-7,12H2,1H3,(H,21,22). The van der Waals surface area contributed by atoms with Gasteiger partial charge in [-0.05, 0) is 55.5 Å². The Morgan fingerprint density at radius 3 is 2.28 bits per heavy atom. The van der Waals surface area contributed by atoms with E-state index in [-0.39, 0.29) is 10.9 Å². The molecule has 1 saturated carbocycles. The Morgan fingerprint density at radius 2 is 1.72 bits per heavy atom. The lowest BCUT2D eigenvalue weighted by Crippen LogP contribution is -2.34. The summed E-state index contributed by atoms with van der Waals surface area (Å²) in [7, 11) is -3.69. The summed E-state index contributed by atoms with van der Waals surface area (Å²) in [5.41, 5.74) is 2.17. The third kappa shape index (κ3) is 4.61. The monoisotopic (exact) mass is 377 g/mol. The molecule has 0 radical (unpaired) electrons. The zero-order valence-corrected chi connectivity index (χ0v) is 15.5. The van der Waals surface area contributed by atoms with Gasteiger partial charge in [0.1, 0.15) is 5.75 Å². The van der Waals surface area contributed by atoms with Gasteiger partial charge in [-0.1, -0.05) is 41.4 Å². The molecule has 1 amide bonds. The van der Waals surface area contributed by atoms with E-state index in [1.54, 1.807) is 0 Å². The lowest BCUT2D eigenvalue weighted by atomic mass is 10.0. The maximum atomic E-state index is 12.4. The second kappa shape index (κ2) is 7.18. The topological polar surface area (TPSA) is 63.2 Å². The number of halogens is 1. The molecular formula is C19H20ClNO3S. The summed E-state index contributed by atoms with van der Waals surface area (Å²) in [6.07, 6.45) is 2.09. The maximum Gasteiger partial charge on any atom is 0.236 e. The first kappa shape index (κ1) is 18.0. The predicted molar refractivity (Wildman–Crippen MR) is 98.3 cm³/mol. The van der Waals surface area contributed by atoms with Crippen molar-refractivity contribution in [2.45, 2.75) is 30.7 Å². The van der Waals surface area contributed by atoms with Crippen LogP contribution in [-0.2, 0) is 14.6 Å². The van der Waals surface area contributed by atoms with E-state index in [0.29, 0.717) is 10.9 Å². The molecule has 6 heteroatoms. The number of nitrogens with one attached hydrogen (secondary N) is 1. The number of carbonyl (C=O) groups is 1. The van der Waals surface area contributed by atoms with Gasteiger partial charge in [0.15, 0.2) is 9.84 Å². The average molecular weight is 378 g/mol. The first-order valence-electron chi connectivity index (χ1n) is 8.19. The molecule has 132 valence electrons. The van der Waals surface area contributed by atoms with E-state index < -0.39 is 21.5 Å². The Hall–Kier alpha value is -1.85. The van der Waals surface area contributed by atoms with Crippen molar-refractivity contribution in [2.75, 3.05) is 5.75 Å². The lowest BCUT2D eigenvalue weighted by Gasteiger charge is -2.19. The van der Waals surface area contributed by atoms with Crippen molar-refractivity contribution in [1.82, 2.24) is 5.32 Å². The number of benzene rings is 2. The molecule has 1 N–H and O–H groups in total. The van der Waals surface area contributed by atoms with Crippen LogP contribution in [0.1, 0.15) is 30.0 Å². The van der Waals surface area contributed by atoms with Gasteiger partial charge in [-0.25, -0.2) is 8.42 Å². The van der Waals surface area contributed by atoms with E-state index in [0.717, 1.165) is 24.0 Å². The third-order valence-corrected chi connectivity index (χ3v) is 6.22. The smallest absolute Gasteiger partial charge is 0.236 e. The quantitative estimate of drug-likeness (QED) is 0.835. The summed E-state index contributed by atoms with van der Waals surface area (Å²) in [6, 6.07) is 13.7. The molecule has 4 nitrogen and oxygen atoms in total. The second-order valence-corrected chi connectivity index (χ2v) is 8.93. The summed E-state index contributed by atoms with van der Waals surface area (Å²) in [6.45, 7) is 2.01. The minimum atomic E-state index is -3.69. The molecule has 2 aromatic rings. The van der Waals surface area contributed by atoms with E-state index in [4.69, 9.17) is 11.6 Å². The van der Waals surface area contributed by atoms with Crippen LogP contribution in [0.5, 0.6) is 0 Å². The van der Waals surface area contributed by atoms with Gasteiger partial charge in [-0.15, -0.1) is 0 Å². The van der Waals surface area contributed by atoms with E-state index in [2.05, 4.69) is 5.32 Å². The van der Waals surface area contributed by atoms with Crippen molar-refractivity contribution in [3.63, 3.8) is 0 Å². The summed E-state index contributed by atoms with van der Waals surface area (Å²) < 4.78 is 24.8. The molecule has 0 aliphatic heterocycles. The maximum absolute atomic E-state index is 12.4. The molecule has 3 rings (SSSR count). The molecule has 0 spiro atoms.